The van der Waals surface area contributed by atoms with Gasteiger partial charge in [-0.2, -0.15) is 0 Å². The molecule has 3 aromatic rings. The molecule has 3 nitrogen and oxygen atoms in total. The molecule has 25 heavy (non-hydrogen) atoms. The maximum Gasteiger partial charge on any atom is 0.198 e. The number of carbonyl (C=O) groups is 1. The monoisotopic (exact) mass is 333 g/mol. The first-order valence-corrected chi connectivity index (χ1v) is 8.91. The molecule has 0 amide bonds. The standard InChI is InChI=1S/C22H23NO2/c1-5-8-16-18-19(24)14-11-6-9-13-10-7-12-15(17(13)14)20(18)25-21(16)23-22(2,3)4/h6-7,9-12,23H,5,8H2,1-4H3. The number of anilines is 1. The van der Waals surface area contributed by atoms with Crippen molar-refractivity contribution in [3.63, 3.8) is 0 Å². The molecule has 128 valence electrons. The third-order valence-electron chi connectivity index (χ3n) is 4.62. The van der Waals surface area contributed by atoms with Crippen LogP contribution >= 0.6 is 0 Å². The molecule has 1 heterocycles. The molecule has 3 heteroatoms. The summed E-state index contributed by atoms with van der Waals surface area (Å²) < 4.78 is 6.25. The van der Waals surface area contributed by atoms with E-state index in [-0.39, 0.29) is 11.3 Å². The van der Waals surface area contributed by atoms with Crippen LogP contribution in [0.5, 0.6) is 0 Å². The van der Waals surface area contributed by atoms with Crippen molar-refractivity contribution in [1.29, 1.82) is 0 Å². The number of ketones is 1. The van der Waals surface area contributed by atoms with Gasteiger partial charge in [-0.25, -0.2) is 0 Å². The van der Waals surface area contributed by atoms with Crippen molar-refractivity contribution >= 4 is 22.4 Å². The Kier molecular flexibility index (Phi) is 3.50. The number of furan rings is 1. The molecule has 0 saturated carbocycles. The van der Waals surface area contributed by atoms with Crippen molar-refractivity contribution in [2.24, 2.45) is 0 Å². The highest BCUT2D eigenvalue weighted by Crippen LogP contribution is 2.45. The zero-order valence-corrected chi connectivity index (χ0v) is 15.2. The lowest BCUT2D eigenvalue weighted by Gasteiger charge is -2.21. The highest BCUT2D eigenvalue weighted by molar-refractivity contribution is 6.26. The van der Waals surface area contributed by atoms with Gasteiger partial charge in [0.05, 0.1) is 5.56 Å². The van der Waals surface area contributed by atoms with Gasteiger partial charge in [0.15, 0.2) is 11.7 Å². The molecule has 0 aliphatic heterocycles. The molecule has 1 N–H and O–H groups in total. The maximum absolute atomic E-state index is 13.3. The van der Waals surface area contributed by atoms with Gasteiger partial charge in [-0.1, -0.05) is 49.7 Å². The Hall–Kier alpha value is -2.55. The zero-order chi connectivity index (χ0) is 17.8. The number of rotatable bonds is 3. The van der Waals surface area contributed by atoms with Crippen LogP contribution in [-0.2, 0) is 6.42 Å². The van der Waals surface area contributed by atoms with Crippen molar-refractivity contribution in [3.8, 4) is 11.3 Å². The SMILES string of the molecule is CCCc1c(NC(C)(C)C)oc2c1C(=O)c1cccc3cccc-2c13. The van der Waals surface area contributed by atoms with Crippen molar-refractivity contribution in [2.75, 3.05) is 5.32 Å². The van der Waals surface area contributed by atoms with Crippen LogP contribution in [0, 0.1) is 0 Å². The van der Waals surface area contributed by atoms with E-state index in [9.17, 15) is 4.79 Å². The summed E-state index contributed by atoms with van der Waals surface area (Å²) in [6, 6.07) is 12.1. The summed E-state index contributed by atoms with van der Waals surface area (Å²) in [6.45, 7) is 8.42. The van der Waals surface area contributed by atoms with E-state index >= 15 is 0 Å². The van der Waals surface area contributed by atoms with Crippen LogP contribution in [0.2, 0.25) is 0 Å². The van der Waals surface area contributed by atoms with Crippen molar-refractivity contribution in [1.82, 2.24) is 0 Å². The minimum absolute atomic E-state index is 0.0773. The Balaban J connectivity index is 2.03. The quantitative estimate of drug-likeness (QED) is 0.514. The summed E-state index contributed by atoms with van der Waals surface area (Å²) in [7, 11) is 0. The number of carbonyl (C=O) groups excluding carboxylic acids is 1. The normalized spacial score (nSPS) is 13.2. The molecule has 1 aliphatic carbocycles. The first-order valence-electron chi connectivity index (χ1n) is 8.91. The van der Waals surface area contributed by atoms with Crippen LogP contribution in [0.3, 0.4) is 0 Å². The summed E-state index contributed by atoms with van der Waals surface area (Å²) in [5, 5.41) is 5.53. The molecule has 1 aliphatic rings. The molecule has 4 rings (SSSR count). The van der Waals surface area contributed by atoms with Crippen LogP contribution in [0.4, 0.5) is 5.88 Å². The maximum atomic E-state index is 13.3. The van der Waals surface area contributed by atoms with Crippen molar-refractivity contribution < 1.29 is 9.21 Å². The second-order valence-electron chi connectivity index (χ2n) is 7.78. The molecule has 0 saturated heterocycles. The molecule has 0 radical (unpaired) electrons. The first-order chi connectivity index (χ1) is 11.9. The predicted octanol–water partition coefficient (Wildman–Crippen LogP) is 5.81. The summed E-state index contributed by atoms with van der Waals surface area (Å²) in [5.41, 5.74) is 3.40. The topological polar surface area (TPSA) is 42.2 Å². The summed E-state index contributed by atoms with van der Waals surface area (Å²) in [4.78, 5) is 13.3. The summed E-state index contributed by atoms with van der Waals surface area (Å²) >= 11 is 0. The number of fused-ring (bicyclic) bond motifs is 2. The summed E-state index contributed by atoms with van der Waals surface area (Å²) in [6.07, 6.45) is 1.78. The third-order valence-corrected chi connectivity index (χ3v) is 4.62. The smallest absolute Gasteiger partial charge is 0.198 e. The Morgan fingerprint density at radius 3 is 2.36 bits per heavy atom. The fraction of sp³-hybridized carbons (Fsp3) is 0.318. The second-order valence-corrected chi connectivity index (χ2v) is 7.78. The van der Waals surface area contributed by atoms with E-state index < -0.39 is 0 Å². The minimum Gasteiger partial charge on any atom is -0.440 e. The molecular formula is C22H23NO2. The second kappa shape index (κ2) is 5.48. The van der Waals surface area contributed by atoms with Gasteiger partial charge in [0, 0.05) is 27.6 Å². The van der Waals surface area contributed by atoms with Crippen LogP contribution in [0.1, 0.15) is 55.6 Å². The van der Waals surface area contributed by atoms with Crippen molar-refractivity contribution in [3.05, 3.63) is 53.1 Å². The van der Waals surface area contributed by atoms with Gasteiger partial charge in [0.2, 0.25) is 0 Å². The fourth-order valence-corrected chi connectivity index (χ4v) is 3.68. The average Bonchev–Trinajstić information content (AvgIpc) is 2.90. The number of nitrogens with one attached hydrogen (secondary N) is 1. The van der Waals surface area contributed by atoms with E-state index in [1.54, 1.807) is 0 Å². The Morgan fingerprint density at radius 2 is 1.72 bits per heavy atom. The number of hydrogen-bond donors (Lipinski definition) is 1. The highest BCUT2D eigenvalue weighted by atomic mass is 16.4. The van der Waals surface area contributed by atoms with E-state index in [1.807, 2.05) is 30.3 Å². The minimum atomic E-state index is -0.134. The molecule has 1 aromatic heterocycles. The van der Waals surface area contributed by atoms with Gasteiger partial charge in [-0.3, -0.25) is 4.79 Å². The van der Waals surface area contributed by atoms with Crippen LogP contribution in [-0.4, -0.2) is 11.3 Å². The zero-order valence-electron chi connectivity index (χ0n) is 15.2. The third kappa shape index (κ3) is 2.46. The highest BCUT2D eigenvalue weighted by Gasteiger charge is 2.33. The van der Waals surface area contributed by atoms with E-state index in [0.717, 1.165) is 51.8 Å². The number of hydrogen-bond acceptors (Lipinski definition) is 3. The molecule has 2 aromatic carbocycles. The fourth-order valence-electron chi connectivity index (χ4n) is 3.68. The van der Waals surface area contributed by atoms with E-state index in [2.05, 4.69) is 39.1 Å². The van der Waals surface area contributed by atoms with Gasteiger partial charge in [0.1, 0.15) is 5.76 Å². The Bertz CT molecular complexity index is 984. The molecule has 0 unspecified atom stereocenters. The summed E-state index contributed by atoms with van der Waals surface area (Å²) in [5.74, 6) is 1.52. The predicted molar refractivity (Wildman–Crippen MR) is 102 cm³/mol. The molecule has 0 atom stereocenters. The molecule has 0 bridgehead atoms. The average molecular weight is 333 g/mol. The van der Waals surface area contributed by atoms with E-state index in [0.29, 0.717) is 5.76 Å². The molecular weight excluding hydrogens is 310 g/mol. The van der Waals surface area contributed by atoms with Gasteiger partial charge in [0.25, 0.3) is 0 Å². The Labute approximate surface area is 148 Å². The lowest BCUT2D eigenvalue weighted by atomic mass is 9.85. The van der Waals surface area contributed by atoms with Gasteiger partial charge < -0.3 is 9.73 Å². The van der Waals surface area contributed by atoms with Gasteiger partial charge >= 0.3 is 0 Å². The van der Waals surface area contributed by atoms with E-state index in [1.165, 1.54) is 0 Å². The molecule has 0 spiro atoms. The lowest BCUT2D eigenvalue weighted by Crippen LogP contribution is -2.26. The van der Waals surface area contributed by atoms with Crippen LogP contribution in [0.25, 0.3) is 22.1 Å². The first kappa shape index (κ1) is 15.9. The number of benzene rings is 2. The van der Waals surface area contributed by atoms with E-state index in [4.69, 9.17) is 4.42 Å². The largest absolute Gasteiger partial charge is 0.440 e. The Morgan fingerprint density at radius 1 is 1.04 bits per heavy atom. The lowest BCUT2D eigenvalue weighted by molar-refractivity contribution is 0.103. The van der Waals surface area contributed by atoms with Gasteiger partial charge in [-0.05, 0) is 32.6 Å². The van der Waals surface area contributed by atoms with Gasteiger partial charge in [-0.15, -0.1) is 0 Å². The van der Waals surface area contributed by atoms with Crippen molar-refractivity contribution in [2.45, 2.75) is 46.1 Å². The van der Waals surface area contributed by atoms with Crippen LogP contribution in [0.15, 0.2) is 40.8 Å². The van der Waals surface area contributed by atoms with Crippen LogP contribution < -0.4 is 5.32 Å². The molecule has 0 fully saturated rings.